The quantitative estimate of drug-likeness (QED) is 0.779. The first-order chi connectivity index (χ1) is 11.9. The maximum absolute atomic E-state index is 12.0. The van der Waals surface area contributed by atoms with E-state index in [1.165, 1.54) is 0 Å². The summed E-state index contributed by atoms with van der Waals surface area (Å²) in [6.07, 6.45) is 2.94. The van der Waals surface area contributed by atoms with E-state index in [9.17, 15) is 20.6 Å². The molecular formula is C19H23N5O. The zero-order valence-corrected chi connectivity index (χ0v) is 15.0. The minimum Gasteiger partial charge on any atom is -0.373 e. The van der Waals surface area contributed by atoms with E-state index >= 15 is 0 Å². The van der Waals surface area contributed by atoms with Gasteiger partial charge in [0.25, 0.3) is 0 Å². The Hall–Kier alpha value is -2.78. The predicted molar refractivity (Wildman–Crippen MR) is 92.3 cm³/mol. The number of carbonyl (C=O) groups excluding carboxylic acids is 1. The summed E-state index contributed by atoms with van der Waals surface area (Å²) in [5, 5.41) is 31.0. The molecule has 0 aromatic rings. The molecule has 0 saturated carbocycles. The number of hydrogen-bond acceptors (Lipinski definition) is 5. The lowest BCUT2D eigenvalue weighted by Crippen LogP contribution is -2.43. The molecule has 1 aliphatic carbocycles. The van der Waals surface area contributed by atoms with Gasteiger partial charge in [0.2, 0.25) is 5.91 Å². The Morgan fingerprint density at radius 3 is 2.48 bits per heavy atom. The monoisotopic (exact) mass is 337 g/mol. The van der Waals surface area contributed by atoms with Gasteiger partial charge in [0, 0.05) is 31.4 Å². The molecule has 130 valence electrons. The number of piperidine rings is 1. The molecule has 1 aliphatic heterocycles. The highest BCUT2D eigenvalue weighted by atomic mass is 16.1. The van der Waals surface area contributed by atoms with Crippen molar-refractivity contribution in [1.29, 1.82) is 15.8 Å². The predicted octanol–water partition coefficient (Wildman–Crippen LogP) is 2.39. The third-order valence-corrected chi connectivity index (χ3v) is 4.95. The van der Waals surface area contributed by atoms with Gasteiger partial charge in [0.1, 0.15) is 23.8 Å². The summed E-state index contributed by atoms with van der Waals surface area (Å²) in [5.74, 6) is -0.0838. The molecule has 1 amide bonds. The van der Waals surface area contributed by atoms with Crippen LogP contribution in [0.1, 0.15) is 39.5 Å². The molecule has 0 spiro atoms. The van der Waals surface area contributed by atoms with E-state index in [0.29, 0.717) is 30.5 Å². The van der Waals surface area contributed by atoms with Crippen LogP contribution in [0, 0.1) is 45.3 Å². The first-order valence-corrected chi connectivity index (χ1v) is 8.50. The van der Waals surface area contributed by atoms with Crippen molar-refractivity contribution in [3.8, 4) is 18.2 Å². The standard InChI is InChI=1S/C19H23N5O/c1-19(2)7-15(14(9-20)10-21)16(11-22)17(8-19)24-6-4-5-13(12-24)18(25)23-3/h13H,4-8,12H2,1-3H3,(H,23,25). The summed E-state index contributed by atoms with van der Waals surface area (Å²) in [6, 6.07) is 6.09. The lowest BCUT2D eigenvalue weighted by atomic mass is 9.72. The van der Waals surface area contributed by atoms with Crippen LogP contribution in [0.25, 0.3) is 0 Å². The summed E-state index contributed by atoms with van der Waals surface area (Å²) < 4.78 is 0. The van der Waals surface area contributed by atoms with E-state index in [1.54, 1.807) is 7.05 Å². The summed E-state index contributed by atoms with van der Waals surface area (Å²) in [5.41, 5.74) is 1.71. The van der Waals surface area contributed by atoms with Crippen molar-refractivity contribution in [1.82, 2.24) is 10.2 Å². The number of nitrogens with one attached hydrogen (secondary N) is 1. The van der Waals surface area contributed by atoms with Crippen molar-refractivity contribution in [2.24, 2.45) is 11.3 Å². The highest BCUT2D eigenvalue weighted by Crippen LogP contribution is 2.44. The van der Waals surface area contributed by atoms with Crippen LogP contribution >= 0.6 is 0 Å². The Balaban J connectivity index is 2.51. The largest absolute Gasteiger partial charge is 0.373 e. The Labute approximate surface area is 149 Å². The molecule has 0 radical (unpaired) electrons. The van der Waals surface area contributed by atoms with Gasteiger partial charge >= 0.3 is 0 Å². The van der Waals surface area contributed by atoms with Crippen LogP contribution in [0.4, 0.5) is 0 Å². The van der Waals surface area contributed by atoms with Crippen LogP contribution in [0.5, 0.6) is 0 Å². The molecule has 0 aromatic carbocycles. The number of nitriles is 3. The van der Waals surface area contributed by atoms with Crippen LogP contribution in [0.3, 0.4) is 0 Å². The first kappa shape index (κ1) is 18.6. The Morgan fingerprint density at radius 1 is 1.24 bits per heavy atom. The average molecular weight is 337 g/mol. The zero-order valence-electron chi connectivity index (χ0n) is 15.0. The van der Waals surface area contributed by atoms with E-state index in [0.717, 1.165) is 25.1 Å². The summed E-state index contributed by atoms with van der Waals surface area (Å²) >= 11 is 0. The highest BCUT2D eigenvalue weighted by molar-refractivity contribution is 5.78. The summed E-state index contributed by atoms with van der Waals surface area (Å²) in [4.78, 5) is 14.1. The normalized spacial score (nSPS) is 22.5. The lowest BCUT2D eigenvalue weighted by Gasteiger charge is -2.41. The van der Waals surface area contributed by atoms with Crippen molar-refractivity contribution >= 4 is 5.91 Å². The number of rotatable bonds is 2. The molecule has 1 unspecified atom stereocenters. The fraction of sp³-hybridized carbons (Fsp3) is 0.579. The number of nitrogens with zero attached hydrogens (tertiary/aromatic N) is 4. The third kappa shape index (κ3) is 3.83. The molecule has 1 heterocycles. The molecular weight excluding hydrogens is 314 g/mol. The SMILES string of the molecule is CNC(=O)C1CCCN(C2=C(C#N)C(=C(C#N)C#N)CC(C)(C)C2)C1. The van der Waals surface area contributed by atoms with Gasteiger partial charge in [-0.1, -0.05) is 13.8 Å². The second-order valence-corrected chi connectivity index (χ2v) is 7.43. The second kappa shape index (κ2) is 7.41. The molecule has 2 aliphatic rings. The van der Waals surface area contributed by atoms with E-state index < -0.39 is 0 Å². The Bertz CT molecular complexity index is 738. The van der Waals surface area contributed by atoms with Gasteiger partial charge in [0.15, 0.2) is 0 Å². The van der Waals surface area contributed by atoms with Gasteiger partial charge in [-0.05, 0) is 31.1 Å². The molecule has 6 nitrogen and oxygen atoms in total. The van der Waals surface area contributed by atoms with Crippen LogP contribution in [0.15, 0.2) is 22.4 Å². The van der Waals surface area contributed by atoms with E-state index in [1.807, 2.05) is 12.1 Å². The van der Waals surface area contributed by atoms with E-state index in [2.05, 4.69) is 30.1 Å². The van der Waals surface area contributed by atoms with Gasteiger partial charge < -0.3 is 10.2 Å². The molecule has 0 bridgehead atoms. The van der Waals surface area contributed by atoms with Crippen LogP contribution in [0.2, 0.25) is 0 Å². The smallest absolute Gasteiger partial charge is 0.224 e. The molecule has 2 rings (SSSR count). The Kier molecular flexibility index (Phi) is 5.50. The van der Waals surface area contributed by atoms with Crippen molar-refractivity contribution in [3.05, 3.63) is 22.4 Å². The van der Waals surface area contributed by atoms with Gasteiger partial charge in [-0.15, -0.1) is 0 Å². The van der Waals surface area contributed by atoms with E-state index in [4.69, 9.17) is 0 Å². The Morgan fingerprint density at radius 2 is 1.92 bits per heavy atom. The minimum absolute atomic E-state index is 0.0154. The van der Waals surface area contributed by atoms with Crippen molar-refractivity contribution in [3.63, 3.8) is 0 Å². The molecule has 1 N–H and O–H groups in total. The lowest BCUT2D eigenvalue weighted by molar-refractivity contribution is -0.125. The minimum atomic E-state index is -0.149. The number of carbonyl (C=O) groups is 1. The average Bonchev–Trinajstić information content (AvgIpc) is 2.61. The number of allylic oxidation sites excluding steroid dienone is 4. The van der Waals surface area contributed by atoms with Crippen LogP contribution < -0.4 is 5.32 Å². The van der Waals surface area contributed by atoms with E-state index in [-0.39, 0.29) is 22.8 Å². The molecule has 1 atom stereocenters. The van der Waals surface area contributed by atoms with Gasteiger partial charge in [-0.25, -0.2) is 0 Å². The first-order valence-electron chi connectivity index (χ1n) is 8.50. The highest BCUT2D eigenvalue weighted by Gasteiger charge is 2.36. The molecule has 25 heavy (non-hydrogen) atoms. The molecule has 6 heteroatoms. The third-order valence-electron chi connectivity index (χ3n) is 4.95. The number of likely N-dealkylation sites (tertiary alicyclic amines) is 1. The maximum Gasteiger partial charge on any atom is 0.224 e. The number of amides is 1. The van der Waals surface area contributed by atoms with Crippen LogP contribution in [-0.2, 0) is 4.79 Å². The van der Waals surface area contributed by atoms with Crippen molar-refractivity contribution < 1.29 is 4.79 Å². The number of hydrogen-bond donors (Lipinski definition) is 1. The summed E-state index contributed by atoms with van der Waals surface area (Å²) in [6.45, 7) is 5.51. The fourth-order valence-electron chi connectivity index (χ4n) is 3.76. The fourth-order valence-corrected chi connectivity index (χ4v) is 3.76. The second-order valence-electron chi connectivity index (χ2n) is 7.43. The maximum atomic E-state index is 12.0. The molecule has 0 aromatic heterocycles. The topological polar surface area (TPSA) is 104 Å². The van der Waals surface area contributed by atoms with Crippen molar-refractivity contribution in [2.45, 2.75) is 39.5 Å². The summed E-state index contributed by atoms with van der Waals surface area (Å²) in [7, 11) is 1.64. The van der Waals surface area contributed by atoms with Crippen LogP contribution in [-0.4, -0.2) is 30.9 Å². The molecule has 1 saturated heterocycles. The van der Waals surface area contributed by atoms with Gasteiger partial charge in [-0.3, -0.25) is 4.79 Å². The zero-order chi connectivity index (χ0) is 18.6. The van der Waals surface area contributed by atoms with Gasteiger partial charge in [-0.2, -0.15) is 15.8 Å². The van der Waals surface area contributed by atoms with Gasteiger partial charge in [0.05, 0.1) is 11.5 Å². The molecule has 1 fully saturated rings. The van der Waals surface area contributed by atoms with Crippen molar-refractivity contribution in [2.75, 3.05) is 20.1 Å².